The monoisotopic (exact) mass is 232 g/mol. The molecule has 0 aliphatic carbocycles. The smallest absolute Gasteiger partial charge is 0.256 e. The molecule has 1 aliphatic rings. The van der Waals surface area contributed by atoms with Crippen LogP contribution >= 0.6 is 0 Å². The van der Waals surface area contributed by atoms with Crippen LogP contribution < -0.4 is 5.73 Å². The summed E-state index contributed by atoms with van der Waals surface area (Å²) in [5, 5.41) is 9.39. The summed E-state index contributed by atoms with van der Waals surface area (Å²) < 4.78 is 0. The summed E-state index contributed by atoms with van der Waals surface area (Å²) in [6.45, 7) is 3.38. The minimum atomic E-state index is -0.123. The Labute approximate surface area is 100 Å². The Hall–Kier alpha value is -1.97. The van der Waals surface area contributed by atoms with Crippen molar-refractivity contribution in [2.24, 2.45) is 0 Å². The lowest BCUT2D eigenvalue weighted by Gasteiger charge is -2.26. The van der Waals surface area contributed by atoms with Crippen molar-refractivity contribution in [3.05, 3.63) is 35.4 Å². The summed E-state index contributed by atoms with van der Waals surface area (Å²) in [4.78, 5) is 13.9. The van der Waals surface area contributed by atoms with Crippen molar-refractivity contribution >= 4 is 11.6 Å². The van der Waals surface area contributed by atoms with Crippen LogP contribution in [0.2, 0.25) is 0 Å². The highest BCUT2D eigenvalue weighted by atomic mass is 16.3. The van der Waals surface area contributed by atoms with Crippen LogP contribution in [-0.4, -0.2) is 29.0 Å². The van der Waals surface area contributed by atoms with Gasteiger partial charge in [0.05, 0.1) is 5.56 Å². The van der Waals surface area contributed by atoms with Gasteiger partial charge in [0.25, 0.3) is 5.91 Å². The van der Waals surface area contributed by atoms with Crippen molar-refractivity contribution < 1.29 is 9.90 Å². The van der Waals surface area contributed by atoms with E-state index in [0.29, 0.717) is 24.3 Å². The van der Waals surface area contributed by atoms with E-state index in [2.05, 4.69) is 6.92 Å². The normalized spacial score (nSPS) is 15.6. The van der Waals surface area contributed by atoms with Crippen molar-refractivity contribution in [1.82, 2.24) is 4.90 Å². The molecular weight excluding hydrogens is 216 g/mol. The highest BCUT2D eigenvalue weighted by Gasteiger charge is 2.19. The van der Waals surface area contributed by atoms with E-state index in [9.17, 15) is 9.90 Å². The molecule has 3 N–H and O–H groups in total. The molecule has 0 unspecified atom stereocenters. The number of nitrogen functional groups attached to an aromatic ring is 1. The maximum atomic E-state index is 12.2. The molecule has 1 aliphatic heterocycles. The van der Waals surface area contributed by atoms with E-state index in [1.165, 1.54) is 17.7 Å². The molecule has 0 saturated heterocycles. The molecule has 0 saturated carbocycles. The predicted molar refractivity (Wildman–Crippen MR) is 66.8 cm³/mol. The summed E-state index contributed by atoms with van der Waals surface area (Å²) in [5.41, 5.74) is 7.83. The Kier molecular flexibility index (Phi) is 3.04. The van der Waals surface area contributed by atoms with Crippen LogP contribution in [0.3, 0.4) is 0 Å². The summed E-state index contributed by atoms with van der Waals surface area (Å²) in [7, 11) is 0. The average molecular weight is 232 g/mol. The van der Waals surface area contributed by atoms with Crippen LogP contribution in [0.25, 0.3) is 0 Å². The highest BCUT2D eigenvalue weighted by Crippen LogP contribution is 2.21. The molecule has 90 valence electrons. The van der Waals surface area contributed by atoms with Gasteiger partial charge in [0.2, 0.25) is 0 Å². The van der Waals surface area contributed by atoms with Gasteiger partial charge >= 0.3 is 0 Å². The van der Waals surface area contributed by atoms with Gasteiger partial charge in [-0.05, 0) is 31.5 Å². The minimum Gasteiger partial charge on any atom is -0.508 e. The molecule has 0 spiro atoms. The number of phenolic OH excluding ortho intramolecular Hbond substituents is 1. The molecule has 0 atom stereocenters. The molecule has 1 amide bonds. The second kappa shape index (κ2) is 4.49. The minimum absolute atomic E-state index is 0.0614. The quantitative estimate of drug-likeness (QED) is 0.440. The number of carbonyl (C=O) groups excluding carboxylic acids is 1. The Morgan fingerprint density at radius 3 is 2.88 bits per heavy atom. The second-order valence-electron chi connectivity index (χ2n) is 4.32. The Balaban J connectivity index is 2.23. The van der Waals surface area contributed by atoms with E-state index >= 15 is 0 Å². The summed E-state index contributed by atoms with van der Waals surface area (Å²) in [5.74, 6) is -0.0616. The van der Waals surface area contributed by atoms with Gasteiger partial charge in [-0.1, -0.05) is 11.6 Å². The number of hydrogen-bond acceptors (Lipinski definition) is 3. The Bertz CT molecular complexity index is 480. The number of carbonyl (C=O) groups is 1. The molecule has 1 aromatic carbocycles. The number of rotatable bonds is 1. The fourth-order valence-corrected chi connectivity index (χ4v) is 1.85. The fourth-order valence-electron chi connectivity index (χ4n) is 1.85. The SMILES string of the molecule is CC1=CCN(C(=O)c2cc(O)ccc2N)CC1. The molecule has 0 aromatic heterocycles. The van der Waals surface area contributed by atoms with Gasteiger partial charge in [-0.25, -0.2) is 0 Å². The number of nitrogens with two attached hydrogens (primary N) is 1. The molecule has 17 heavy (non-hydrogen) atoms. The van der Waals surface area contributed by atoms with Crippen molar-refractivity contribution in [2.75, 3.05) is 18.8 Å². The van der Waals surface area contributed by atoms with Gasteiger partial charge in [0, 0.05) is 18.8 Å². The zero-order chi connectivity index (χ0) is 12.4. The fraction of sp³-hybridized carbons (Fsp3) is 0.308. The third-order valence-electron chi connectivity index (χ3n) is 2.99. The van der Waals surface area contributed by atoms with E-state index < -0.39 is 0 Å². The zero-order valence-electron chi connectivity index (χ0n) is 9.81. The maximum absolute atomic E-state index is 12.2. The summed E-state index contributed by atoms with van der Waals surface area (Å²) in [6.07, 6.45) is 2.94. The van der Waals surface area contributed by atoms with Crippen LogP contribution in [0.1, 0.15) is 23.7 Å². The molecular formula is C13H16N2O2. The Morgan fingerprint density at radius 1 is 1.47 bits per heavy atom. The highest BCUT2D eigenvalue weighted by molar-refractivity contribution is 5.99. The van der Waals surface area contributed by atoms with Crippen molar-refractivity contribution in [3.63, 3.8) is 0 Å². The second-order valence-corrected chi connectivity index (χ2v) is 4.32. The van der Waals surface area contributed by atoms with E-state index in [1.54, 1.807) is 11.0 Å². The van der Waals surface area contributed by atoms with Crippen molar-refractivity contribution in [1.29, 1.82) is 0 Å². The molecule has 4 heteroatoms. The molecule has 1 heterocycles. The number of benzene rings is 1. The van der Waals surface area contributed by atoms with E-state index in [-0.39, 0.29) is 11.7 Å². The van der Waals surface area contributed by atoms with Crippen LogP contribution in [0.4, 0.5) is 5.69 Å². The molecule has 2 rings (SSSR count). The van der Waals surface area contributed by atoms with Gasteiger partial charge in [0.15, 0.2) is 0 Å². The van der Waals surface area contributed by atoms with E-state index in [4.69, 9.17) is 5.73 Å². The van der Waals surface area contributed by atoms with Crippen LogP contribution in [0.5, 0.6) is 5.75 Å². The standard InChI is InChI=1S/C13H16N2O2/c1-9-4-6-15(7-5-9)13(17)11-8-10(16)2-3-12(11)14/h2-4,8,16H,5-7,14H2,1H3. The van der Waals surface area contributed by atoms with Crippen LogP contribution in [0, 0.1) is 0 Å². The Morgan fingerprint density at radius 2 is 2.24 bits per heavy atom. The average Bonchev–Trinajstić information content (AvgIpc) is 2.32. The van der Waals surface area contributed by atoms with Gasteiger partial charge in [-0.3, -0.25) is 4.79 Å². The summed E-state index contributed by atoms with van der Waals surface area (Å²) >= 11 is 0. The number of aromatic hydroxyl groups is 1. The molecule has 0 radical (unpaired) electrons. The largest absolute Gasteiger partial charge is 0.508 e. The van der Waals surface area contributed by atoms with Crippen molar-refractivity contribution in [2.45, 2.75) is 13.3 Å². The van der Waals surface area contributed by atoms with Crippen LogP contribution in [0.15, 0.2) is 29.8 Å². The molecule has 0 fully saturated rings. The number of phenols is 1. The van der Waals surface area contributed by atoms with E-state index in [1.807, 2.05) is 6.08 Å². The predicted octanol–water partition coefficient (Wildman–Crippen LogP) is 1.77. The molecule has 4 nitrogen and oxygen atoms in total. The van der Waals surface area contributed by atoms with E-state index in [0.717, 1.165) is 6.42 Å². The van der Waals surface area contributed by atoms with Gasteiger partial charge in [-0.15, -0.1) is 0 Å². The lowest BCUT2D eigenvalue weighted by Crippen LogP contribution is -2.35. The van der Waals surface area contributed by atoms with Crippen molar-refractivity contribution in [3.8, 4) is 5.75 Å². The van der Waals surface area contributed by atoms with Gasteiger partial charge < -0.3 is 15.7 Å². The first kappa shape index (κ1) is 11.5. The van der Waals surface area contributed by atoms with Crippen LogP contribution in [-0.2, 0) is 0 Å². The summed E-state index contributed by atoms with van der Waals surface area (Å²) in [6, 6.07) is 4.45. The first-order chi connectivity index (χ1) is 8.08. The third kappa shape index (κ3) is 2.41. The van der Waals surface area contributed by atoms with Gasteiger partial charge in [0.1, 0.15) is 5.75 Å². The first-order valence-corrected chi connectivity index (χ1v) is 5.61. The molecule has 0 bridgehead atoms. The number of anilines is 1. The maximum Gasteiger partial charge on any atom is 0.256 e. The topological polar surface area (TPSA) is 66.6 Å². The lowest BCUT2D eigenvalue weighted by atomic mass is 10.1. The zero-order valence-corrected chi connectivity index (χ0v) is 9.81. The number of nitrogens with zero attached hydrogens (tertiary/aromatic N) is 1. The third-order valence-corrected chi connectivity index (χ3v) is 2.99. The first-order valence-electron chi connectivity index (χ1n) is 5.61. The number of amides is 1. The van der Waals surface area contributed by atoms with Gasteiger partial charge in [-0.2, -0.15) is 0 Å². The molecule has 1 aromatic rings. The number of hydrogen-bond donors (Lipinski definition) is 2. The lowest BCUT2D eigenvalue weighted by molar-refractivity contribution is 0.0769.